The lowest BCUT2D eigenvalue weighted by molar-refractivity contribution is 0.103. The summed E-state index contributed by atoms with van der Waals surface area (Å²) in [6, 6.07) is 3.99. The van der Waals surface area contributed by atoms with Crippen molar-refractivity contribution >= 4 is 34.7 Å². The molecule has 1 aromatic heterocycles. The lowest BCUT2D eigenvalue weighted by atomic mass is 10.0. The van der Waals surface area contributed by atoms with E-state index < -0.39 is 11.6 Å². The van der Waals surface area contributed by atoms with Crippen LogP contribution in [0.25, 0.3) is 0 Å². The molecule has 1 heterocycles. The van der Waals surface area contributed by atoms with Crippen LogP contribution in [0.15, 0.2) is 30.6 Å². The van der Waals surface area contributed by atoms with Crippen molar-refractivity contribution in [3.05, 3.63) is 57.6 Å². The van der Waals surface area contributed by atoms with Gasteiger partial charge in [0.2, 0.25) is 0 Å². The quantitative estimate of drug-likeness (QED) is 0.680. The molecule has 2 aromatic rings. The molecule has 0 atom stereocenters. The van der Waals surface area contributed by atoms with Crippen LogP contribution in [0.5, 0.6) is 0 Å². The third-order valence-electron chi connectivity index (χ3n) is 2.36. The van der Waals surface area contributed by atoms with Gasteiger partial charge in [0.25, 0.3) is 0 Å². The molecule has 0 amide bonds. The molecule has 0 saturated carbocycles. The van der Waals surface area contributed by atoms with Gasteiger partial charge in [0.1, 0.15) is 0 Å². The Hall–Kier alpha value is -1.65. The minimum atomic E-state index is -0.702. The third-order valence-corrected chi connectivity index (χ3v) is 2.98. The van der Waals surface area contributed by atoms with E-state index in [1.807, 2.05) is 0 Å². The zero-order chi connectivity index (χ0) is 13.3. The fraction of sp³-hybridized carbons (Fsp3) is 0. The molecule has 6 heteroatoms. The molecule has 0 radical (unpaired) electrons. The predicted molar refractivity (Wildman–Crippen MR) is 68.5 cm³/mol. The first-order valence-corrected chi connectivity index (χ1v) is 5.65. The van der Waals surface area contributed by atoms with Gasteiger partial charge in [-0.3, -0.25) is 9.78 Å². The Morgan fingerprint density at radius 1 is 1.28 bits per heavy atom. The summed E-state index contributed by atoms with van der Waals surface area (Å²) >= 11 is 11.6. The van der Waals surface area contributed by atoms with E-state index in [2.05, 4.69) is 4.98 Å². The van der Waals surface area contributed by atoms with Crippen LogP contribution in [0.2, 0.25) is 10.0 Å². The minimum absolute atomic E-state index is 0.0955. The van der Waals surface area contributed by atoms with Gasteiger partial charge in [-0.25, -0.2) is 4.39 Å². The molecule has 0 saturated heterocycles. The summed E-state index contributed by atoms with van der Waals surface area (Å²) in [6.07, 6.45) is 2.30. The fourth-order valence-corrected chi connectivity index (χ4v) is 1.92. The number of pyridine rings is 1. The number of hydrogen-bond donors (Lipinski definition) is 1. The summed E-state index contributed by atoms with van der Waals surface area (Å²) in [6.45, 7) is 0. The average Bonchev–Trinajstić information content (AvgIpc) is 2.35. The molecule has 0 spiro atoms. The first kappa shape index (κ1) is 12.8. The van der Waals surface area contributed by atoms with E-state index >= 15 is 0 Å². The molecule has 2 N–H and O–H groups in total. The molecule has 92 valence electrons. The first-order chi connectivity index (χ1) is 8.50. The van der Waals surface area contributed by atoms with Crippen LogP contribution in [-0.4, -0.2) is 10.8 Å². The molecular weight excluding hydrogens is 278 g/mol. The summed E-state index contributed by atoms with van der Waals surface area (Å²) < 4.78 is 13.4. The maximum atomic E-state index is 13.4. The van der Waals surface area contributed by atoms with Gasteiger partial charge in [-0.1, -0.05) is 23.2 Å². The summed E-state index contributed by atoms with van der Waals surface area (Å²) in [5, 5.41) is 0.306. The lowest BCUT2D eigenvalue weighted by Gasteiger charge is -2.06. The number of ketones is 1. The van der Waals surface area contributed by atoms with Gasteiger partial charge in [-0.05, 0) is 18.2 Å². The second kappa shape index (κ2) is 4.92. The van der Waals surface area contributed by atoms with Crippen molar-refractivity contribution in [1.82, 2.24) is 4.98 Å². The van der Waals surface area contributed by atoms with E-state index in [1.165, 1.54) is 24.4 Å². The Bertz CT molecular complexity index is 608. The highest BCUT2D eigenvalue weighted by Gasteiger charge is 2.16. The molecule has 0 aliphatic rings. The number of aromatic nitrogens is 1. The zero-order valence-corrected chi connectivity index (χ0v) is 10.5. The standard InChI is InChI=1S/C12H7Cl2FN2O/c13-8-3-6(4-9(14)11(8)16)12(18)7-1-2-17-5-10(7)15/h1-5H,16H2. The van der Waals surface area contributed by atoms with Crippen LogP contribution in [0.3, 0.4) is 0 Å². The Kier molecular flexibility index (Phi) is 3.50. The molecule has 0 aliphatic carbocycles. The highest BCUT2D eigenvalue weighted by Crippen LogP contribution is 2.29. The maximum Gasteiger partial charge on any atom is 0.196 e. The van der Waals surface area contributed by atoms with Crippen molar-refractivity contribution in [2.75, 3.05) is 5.73 Å². The van der Waals surface area contributed by atoms with E-state index in [0.29, 0.717) is 0 Å². The number of anilines is 1. The van der Waals surface area contributed by atoms with Crippen LogP contribution in [0, 0.1) is 5.82 Å². The number of nitrogens with two attached hydrogens (primary N) is 1. The van der Waals surface area contributed by atoms with E-state index in [0.717, 1.165) is 6.20 Å². The number of hydrogen-bond acceptors (Lipinski definition) is 3. The normalized spacial score (nSPS) is 10.4. The van der Waals surface area contributed by atoms with Gasteiger partial charge in [0, 0.05) is 11.8 Å². The van der Waals surface area contributed by atoms with Crippen LogP contribution in [0.1, 0.15) is 15.9 Å². The van der Waals surface area contributed by atoms with Crippen LogP contribution in [-0.2, 0) is 0 Å². The Balaban J connectivity index is 2.51. The number of carbonyl (C=O) groups excluding carboxylic acids is 1. The van der Waals surface area contributed by atoms with Crippen LogP contribution >= 0.6 is 23.2 Å². The Morgan fingerprint density at radius 2 is 1.89 bits per heavy atom. The van der Waals surface area contributed by atoms with E-state index in [9.17, 15) is 9.18 Å². The maximum absolute atomic E-state index is 13.4. The molecule has 0 fully saturated rings. The monoisotopic (exact) mass is 284 g/mol. The smallest absolute Gasteiger partial charge is 0.196 e. The van der Waals surface area contributed by atoms with Gasteiger partial charge in [0.05, 0.1) is 27.5 Å². The lowest BCUT2D eigenvalue weighted by Crippen LogP contribution is -2.05. The van der Waals surface area contributed by atoms with Crippen molar-refractivity contribution in [2.45, 2.75) is 0 Å². The number of carbonyl (C=O) groups is 1. The molecule has 0 aliphatic heterocycles. The second-order valence-corrected chi connectivity index (χ2v) is 4.35. The molecule has 2 rings (SSSR count). The molecule has 3 nitrogen and oxygen atoms in total. The highest BCUT2D eigenvalue weighted by atomic mass is 35.5. The van der Waals surface area contributed by atoms with Gasteiger partial charge in [-0.2, -0.15) is 0 Å². The van der Waals surface area contributed by atoms with Crippen LogP contribution < -0.4 is 5.73 Å². The van der Waals surface area contributed by atoms with Gasteiger partial charge in [0.15, 0.2) is 11.6 Å². The molecule has 0 unspecified atom stereocenters. The highest BCUT2D eigenvalue weighted by molar-refractivity contribution is 6.39. The zero-order valence-electron chi connectivity index (χ0n) is 8.95. The van der Waals surface area contributed by atoms with Crippen molar-refractivity contribution in [3.8, 4) is 0 Å². The Morgan fingerprint density at radius 3 is 2.44 bits per heavy atom. The predicted octanol–water partition coefficient (Wildman–Crippen LogP) is 3.34. The molecule has 0 bridgehead atoms. The molecule has 1 aromatic carbocycles. The van der Waals surface area contributed by atoms with Gasteiger partial charge in [-0.15, -0.1) is 0 Å². The largest absolute Gasteiger partial charge is 0.396 e. The fourth-order valence-electron chi connectivity index (χ4n) is 1.43. The van der Waals surface area contributed by atoms with E-state index in [-0.39, 0.29) is 26.9 Å². The van der Waals surface area contributed by atoms with Crippen molar-refractivity contribution in [3.63, 3.8) is 0 Å². The first-order valence-electron chi connectivity index (χ1n) is 4.89. The number of nitrogen functional groups attached to an aromatic ring is 1. The number of halogens is 3. The minimum Gasteiger partial charge on any atom is -0.396 e. The van der Waals surface area contributed by atoms with Gasteiger partial charge >= 0.3 is 0 Å². The topological polar surface area (TPSA) is 56.0 Å². The summed E-state index contributed by atoms with van der Waals surface area (Å²) in [4.78, 5) is 15.6. The molecular formula is C12H7Cl2FN2O. The summed E-state index contributed by atoms with van der Waals surface area (Å²) in [7, 11) is 0. The molecule has 18 heavy (non-hydrogen) atoms. The van der Waals surface area contributed by atoms with Gasteiger partial charge < -0.3 is 5.73 Å². The number of nitrogens with zero attached hydrogens (tertiary/aromatic N) is 1. The SMILES string of the molecule is Nc1c(Cl)cc(C(=O)c2ccncc2F)cc1Cl. The van der Waals surface area contributed by atoms with Crippen molar-refractivity contribution in [2.24, 2.45) is 0 Å². The number of benzene rings is 1. The summed E-state index contributed by atoms with van der Waals surface area (Å²) in [5.41, 5.74) is 5.82. The number of rotatable bonds is 2. The van der Waals surface area contributed by atoms with E-state index in [4.69, 9.17) is 28.9 Å². The summed E-state index contributed by atoms with van der Waals surface area (Å²) in [5.74, 6) is -1.23. The van der Waals surface area contributed by atoms with Crippen LogP contribution in [0.4, 0.5) is 10.1 Å². The Labute approximate surface area is 112 Å². The van der Waals surface area contributed by atoms with Crippen molar-refractivity contribution in [1.29, 1.82) is 0 Å². The third kappa shape index (κ3) is 2.30. The van der Waals surface area contributed by atoms with E-state index in [1.54, 1.807) is 0 Å². The average molecular weight is 285 g/mol. The second-order valence-electron chi connectivity index (χ2n) is 3.54. The van der Waals surface area contributed by atoms with Crippen molar-refractivity contribution < 1.29 is 9.18 Å².